The summed E-state index contributed by atoms with van der Waals surface area (Å²) in [6, 6.07) is 6.29. The molecule has 0 aliphatic carbocycles. The first-order valence-electron chi connectivity index (χ1n) is 9.92. The lowest BCUT2D eigenvalue weighted by Crippen LogP contribution is -2.36. The van der Waals surface area contributed by atoms with Crippen molar-refractivity contribution < 1.29 is 19.2 Å². The number of ketones is 2. The molecule has 2 aliphatic rings. The summed E-state index contributed by atoms with van der Waals surface area (Å²) >= 11 is 0. The van der Waals surface area contributed by atoms with E-state index in [4.69, 9.17) is 0 Å². The van der Waals surface area contributed by atoms with Crippen molar-refractivity contribution in [2.45, 2.75) is 58.4 Å². The van der Waals surface area contributed by atoms with Crippen LogP contribution in [-0.2, 0) is 19.2 Å². The molecule has 0 spiro atoms. The van der Waals surface area contributed by atoms with Gasteiger partial charge in [-0.05, 0) is 50.7 Å². The van der Waals surface area contributed by atoms with E-state index in [9.17, 15) is 19.2 Å². The molecule has 2 saturated heterocycles. The second kappa shape index (κ2) is 8.25. The Kier molecular flexibility index (Phi) is 5.96. The molecule has 2 heterocycles. The van der Waals surface area contributed by atoms with Crippen molar-refractivity contribution in [3.8, 4) is 0 Å². The lowest BCUT2D eigenvalue weighted by molar-refractivity contribution is -0.129. The Morgan fingerprint density at radius 3 is 2.21 bits per heavy atom. The number of nitrogens with zero attached hydrogens (tertiary/aromatic N) is 2. The van der Waals surface area contributed by atoms with E-state index in [1.54, 1.807) is 9.80 Å². The molecule has 0 N–H and O–H groups in total. The van der Waals surface area contributed by atoms with Crippen LogP contribution >= 0.6 is 0 Å². The molecule has 0 aromatic heterocycles. The number of hydrogen-bond donors (Lipinski definition) is 0. The molecule has 6 heteroatoms. The summed E-state index contributed by atoms with van der Waals surface area (Å²) in [6.07, 6.45) is 1.46. The van der Waals surface area contributed by atoms with Gasteiger partial charge >= 0.3 is 0 Å². The number of carbonyl (C=O) groups is 4. The van der Waals surface area contributed by atoms with Gasteiger partial charge in [-0.3, -0.25) is 19.2 Å². The second-order valence-corrected chi connectivity index (χ2v) is 8.20. The SMILES string of the molecule is Cc1ccc(C(CCN2CC(=O)CC2=O)CC(C)N2CC(=O)CC2=O)c(C)c1. The maximum atomic E-state index is 12.1. The van der Waals surface area contributed by atoms with Crippen molar-refractivity contribution in [3.05, 3.63) is 34.9 Å². The van der Waals surface area contributed by atoms with Gasteiger partial charge in [-0.1, -0.05) is 23.8 Å². The van der Waals surface area contributed by atoms with Gasteiger partial charge in [-0.25, -0.2) is 0 Å². The number of aryl methyl sites for hydroxylation is 2. The topological polar surface area (TPSA) is 74.8 Å². The van der Waals surface area contributed by atoms with Crippen LogP contribution in [0.1, 0.15) is 55.2 Å². The van der Waals surface area contributed by atoms with Gasteiger partial charge in [-0.2, -0.15) is 0 Å². The summed E-state index contributed by atoms with van der Waals surface area (Å²) in [6.45, 7) is 7.04. The smallest absolute Gasteiger partial charge is 0.230 e. The van der Waals surface area contributed by atoms with E-state index in [1.807, 2.05) is 6.92 Å². The molecule has 2 unspecified atom stereocenters. The van der Waals surface area contributed by atoms with Gasteiger partial charge in [0.2, 0.25) is 11.8 Å². The molecular formula is C22H28N2O4. The third-order valence-corrected chi connectivity index (χ3v) is 5.85. The molecule has 150 valence electrons. The molecule has 0 saturated carbocycles. The average molecular weight is 384 g/mol. The van der Waals surface area contributed by atoms with Crippen LogP contribution in [0.2, 0.25) is 0 Å². The highest BCUT2D eigenvalue weighted by molar-refractivity contribution is 6.05. The molecular weight excluding hydrogens is 356 g/mol. The highest BCUT2D eigenvalue weighted by Gasteiger charge is 2.33. The molecule has 0 bridgehead atoms. The predicted octanol–water partition coefficient (Wildman–Crippen LogP) is 2.16. The molecule has 0 radical (unpaired) electrons. The molecule has 1 aromatic carbocycles. The number of rotatable bonds is 7. The molecule has 2 fully saturated rings. The van der Waals surface area contributed by atoms with Gasteiger partial charge in [0, 0.05) is 12.6 Å². The van der Waals surface area contributed by atoms with Crippen LogP contribution < -0.4 is 0 Å². The average Bonchev–Trinajstić information content (AvgIpc) is 3.12. The fraction of sp³-hybridized carbons (Fsp3) is 0.545. The first-order valence-corrected chi connectivity index (χ1v) is 9.92. The number of carbonyl (C=O) groups excluding carboxylic acids is 4. The highest BCUT2D eigenvalue weighted by atomic mass is 16.2. The van der Waals surface area contributed by atoms with Crippen LogP contribution in [0.3, 0.4) is 0 Å². The van der Waals surface area contributed by atoms with Crippen LogP contribution in [0.5, 0.6) is 0 Å². The number of amides is 2. The Balaban J connectivity index is 1.76. The third kappa shape index (κ3) is 4.49. The fourth-order valence-corrected chi connectivity index (χ4v) is 4.38. The molecule has 2 amide bonds. The number of hydrogen-bond acceptors (Lipinski definition) is 4. The van der Waals surface area contributed by atoms with Crippen LogP contribution in [-0.4, -0.2) is 58.9 Å². The quantitative estimate of drug-likeness (QED) is 0.675. The van der Waals surface area contributed by atoms with Crippen LogP contribution in [0, 0.1) is 13.8 Å². The third-order valence-electron chi connectivity index (χ3n) is 5.85. The Hall–Kier alpha value is -2.50. The zero-order chi connectivity index (χ0) is 20.4. The summed E-state index contributed by atoms with van der Waals surface area (Å²) in [5.41, 5.74) is 3.58. The molecule has 6 nitrogen and oxygen atoms in total. The lowest BCUT2D eigenvalue weighted by atomic mass is 9.86. The maximum absolute atomic E-state index is 12.1. The fourth-order valence-electron chi connectivity index (χ4n) is 4.38. The van der Waals surface area contributed by atoms with Gasteiger partial charge in [-0.15, -0.1) is 0 Å². The van der Waals surface area contributed by atoms with E-state index >= 15 is 0 Å². The van der Waals surface area contributed by atoms with E-state index < -0.39 is 0 Å². The number of likely N-dealkylation sites (tertiary alicyclic amines) is 2. The first-order chi connectivity index (χ1) is 13.2. The van der Waals surface area contributed by atoms with Gasteiger partial charge in [0.25, 0.3) is 0 Å². The van der Waals surface area contributed by atoms with Crippen molar-refractivity contribution in [2.75, 3.05) is 19.6 Å². The van der Waals surface area contributed by atoms with E-state index in [0.717, 1.165) is 12.8 Å². The summed E-state index contributed by atoms with van der Waals surface area (Å²) in [7, 11) is 0. The molecule has 2 atom stereocenters. The van der Waals surface area contributed by atoms with Crippen molar-refractivity contribution >= 4 is 23.4 Å². The van der Waals surface area contributed by atoms with Gasteiger partial charge in [0.1, 0.15) is 0 Å². The minimum atomic E-state index is -0.0998. The molecule has 1 aromatic rings. The van der Waals surface area contributed by atoms with E-state index in [1.165, 1.54) is 16.7 Å². The minimum absolute atomic E-state index is 0.00293. The molecule has 2 aliphatic heterocycles. The van der Waals surface area contributed by atoms with Gasteiger partial charge in [0.15, 0.2) is 11.6 Å². The van der Waals surface area contributed by atoms with Crippen LogP contribution in [0.25, 0.3) is 0 Å². The van der Waals surface area contributed by atoms with E-state index in [-0.39, 0.29) is 61.3 Å². The Labute approximate surface area is 165 Å². The number of Topliss-reactive ketones (excluding diaryl/α,β-unsaturated/α-hetero) is 2. The molecule has 3 rings (SSSR count). The standard InChI is InChI=1S/C22H28N2O4/c1-14-4-5-20(15(2)8-14)17(6-7-23-12-18(25)10-21(23)27)9-16(3)24-13-19(26)11-22(24)28/h4-5,8,16-17H,6-7,9-13H2,1-3H3. The first kappa shape index (κ1) is 20.2. The van der Waals surface area contributed by atoms with Gasteiger partial charge in [0.05, 0.1) is 25.9 Å². The molecule has 28 heavy (non-hydrogen) atoms. The summed E-state index contributed by atoms with van der Waals surface area (Å²) in [5.74, 6) is -0.110. The Bertz CT molecular complexity index is 817. The minimum Gasteiger partial charge on any atom is -0.335 e. The van der Waals surface area contributed by atoms with Crippen LogP contribution in [0.4, 0.5) is 0 Å². The second-order valence-electron chi connectivity index (χ2n) is 8.20. The van der Waals surface area contributed by atoms with Crippen LogP contribution in [0.15, 0.2) is 18.2 Å². The lowest BCUT2D eigenvalue weighted by Gasteiger charge is -2.30. The van der Waals surface area contributed by atoms with E-state index in [2.05, 4.69) is 32.0 Å². The van der Waals surface area contributed by atoms with Crippen molar-refractivity contribution in [3.63, 3.8) is 0 Å². The normalized spacial score (nSPS) is 19.7. The zero-order valence-electron chi connectivity index (χ0n) is 16.9. The summed E-state index contributed by atoms with van der Waals surface area (Å²) in [5, 5.41) is 0. The van der Waals surface area contributed by atoms with Crippen molar-refractivity contribution in [1.82, 2.24) is 9.80 Å². The van der Waals surface area contributed by atoms with E-state index in [0.29, 0.717) is 6.54 Å². The monoisotopic (exact) mass is 384 g/mol. The largest absolute Gasteiger partial charge is 0.335 e. The Morgan fingerprint density at radius 2 is 1.64 bits per heavy atom. The zero-order valence-corrected chi connectivity index (χ0v) is 16.9. The van der Waals surface area contributed by atoms with Crippen molar-refractivity contribution in [2.24, 2.45) is 0 Å². The predicted molar refractivity (Wildman–Crippen MR) is 105 cm³/mol. The maximum Gasteiger partial charge on any atom is 0.230 e. The van der Waals surface area contributed by atoms with Crippen molar-refractivity contribution in [1.29, 1.82) is 0 Å². The summed E-state index contributed by atoms with van der Waals surface area (Å²) in [4.78, 5) is 50.6. The van der Waals surface area contributed by atoms with Gasteiger partial charge < -0.3 is 9.80 Å². The Morgan fingerprint density at radius 1 is 0.964 bits per heavy atom. The highest BCUT2D eigenvalue weighted by Crippen LogP contribution is 2.31. The number of benzene rings is 1. The summed E-state index contributed by atoms with van der Waals surface area (Å²) < 4.78 is 0.